The van der Waals surface area contributed by atoms with Gasteiger partial charge in [-0.1, -0.05) is 48.5 Å². The average molecular weight is 550 g/mol. The molecule has 40 heavy (non-hydrogen) atoms. The minimum absolute atomic E-state index is 0.204. The highest BCUT2D eigenvalue weighted by molar-refractivity contribution is 5.68. The number of benzene rings is 2. The topological polar surface area (TPSA) is 111 Å². The molecular weight excluding hydrogens is 510 g/mol. The Morgan fingerprint density at radius 3 is 2.33 bits per heavy atom. The molecule has 0 fully saturated rings. The summed E-state index contributed by atoms with van der Waals surface area (Å²) >= 11 is 0. The Labute approximate surface area is 235 Å². The van der Waals surface area contributed by atoms with E-state index >= 15 is 0 Å². The summed E-state index contributed by atoms with van der Waals surface area (Å²) in [6, 6.07) is 15.9. The van der Waals surface area contributed by atoms with Crippen molar-refractivity contribution in [3.05, 3.63) is 93.2 Å². The predicted octanol–water partition coefficient (Wildman–Crippen LogP) is 5.19. The van der Waals surface area contributed by atoms with E-state index < -0.39 is 5.60 Å². The minimum atomic E-state index is -0.507. The predicted molar refractivity (Wildman–Crippen MR) is 152 cm³/mol. The highest BCUT2D eigenvalue weighted by Gasteiger charge is 2.25. The number of ether oxygens (including phenoxy) is 3. The molecule has 1 aromatic heterocycles. The first-order valence-electron chi connectivity index (χ1n) is 13.3. The van der Waals surface area contributed by atoms with Crippen molar-refractivity contribution in [1.29, 1.82) is 0 Å². The van der Waals surface area contributed by atoms with Gasteiger partial charge in [0.2, 0.25) is 5.75 Å². The monoisotopic (exact) mass is 549 g/mol. The maximum Gasteiger partial charge on any atom is 0.410 e. The zero-order valence-corrected chi connectivity index (χ0v) is 24.2. The maximum atomic E-state index is 12.4. The van der Waals surface area contributed by atoms with Crippen LogP contribution in [0, 0.1) is 0 Å². The highest BCUT2D eigenvalue weighted by atomic mass is 16.6. The van der Waals surface area contributed by atoms with E-state index in [4.69, 9.17) is 9.47 Å². The van der Waals surface area contributed by atoms with Crippen molar-refractivity contribution >= 4 is 12.6 Å². The second-order valence-electron chi connectivity index (χ2n) is 11.6. The van der Waals surface area contributed by atoms with Gasteiger partial charge in [0.1, 0.15) is 23.6 Å². The first kappa shape index (κ1) is 30.4. The van der Waals surface area contributed by atoms with Gasteiger partial charge >= 0.3 is 6.09 Å². The molecule has 214 valence electrons. The number of rotatable bonds is 6. The first-order chi connectivity index (χ1) is 18.8. The van der Waals surface area contributed by atoms with Crippen LogP contribution < -0.4 is 10.3 Å². The molecule has 3 aromatic rings. The summed E-state index contributed by atoms with van der Waals surface area (Å²) in [7, 11) is 0. The van der Waals surface area contributed by atoms with Gasteiger partial charge < -0.3 is 24.1 Å². The third kappa shape index (κ3) is 9.87. The van der Waals surface area contributed by atoms with Crippen molar-refractivity contribution < 1.29 is 23.8 Å². The highest BCUT2D eigenvalue weighted by Crippen LogP contribution is 2.23. The fourth-order valence-electron chi connectivity index (χ4n) is 3.88. The zero-order chi connectivity index (χ0) is 29.3. The third-order valence-corrected chi connectivity index (χ3v) is 5.76. The van der Waals surface area contributed by atoms with Gasteiger partial charge in [-0.2, -0.15) is 0 Å². The van der Waals surface area contributed by atoms with E-state index in [0.29, 0.717) is 38.4 Å². The van der Waals surface area contributed by atoms with Crippen LogP contribution in [-0.4, -0.2) is 45.2 Å². The molecule has 1 amide bonds. The van der Waals surface area contributed by atoms with Crippen LogP contribution in [0.3, 0.4) is 0 Å². The fraction of sp³-hybridized carbons (Fsp3) is 0.419. The number of aromatic amines is 1. The van der Waals surface area contributed by atoms with Gasteiger partial charge in [0.05, 0.1) is 6.20 Å². The van der Waals surface area contributed by atoms with Crippen molar-refractivity contribution in [2.24, 2.45) is 0 Å². The standard InChI is InChI=1S/C26H29N3O4.C5H10O2/c1-26(2,3)33-25(31)29-12-11-20-13-19(9-10-21(20)16-29)14-23-27-15-22(24(30)28-23)32-17-18-7-5-4-6-8-18;1-5(2,3)7-4-6/h4-10,13,15H,11-12,14,16-17H2,1-3H3,(H,27,28,30);4H,1-3H3. The molecular formula is C31H39N3O6. The van der Waals surface area contributed by atoms with E-state index in [0.717, 1.165) is 23.1 Å². The Balaban J connectivity index is 0.000000559. The van der Waals surface area contributed by atoms with Gasteiger partial charge in [-0.25, -0.2) is 9.78 Å². The lowest BCUT2D eigenvalue weighted by atomic mass is 9.96. The lowest BCUT2D eigenvalue weighted by Gasteiger charge is -2.31. The van der Waals surface area contributed by atoms with Crippen LogP contribution in [0.15, 0.2) is 59.5 Å². The summed E-state index contributed by atoms with van der Waals surface area (Å²) < 4.78 is 15.7. The molecule has 0 spiro atoms. The lowest BCUT2D eigenvalue weighted by molar-refractivity contribution is -0.138. The Morgan fingerprint density at radius 1 is 1.00 bits per heavy atom. The molecule has 0 atom stereocenters. The van der Waals surface area contributed by atoms with Crippen LogP contribution in [0.5, 0.6) is 5.75 Å². The molecule has 1 aliphatic heterocycles. The second kappa shape index (κ2) is 13.3. The molecule has 0 radical (unpaired) electrons. The van der Waals surface area contributed by atoms with Crippen molar-refractivity contribution in [1.82, 2.24) is 14.9 Å². The summed E-state index contributed by atoms with van der Waals surface area (Å²) in [6.07, 6.45) is 2.47. The number of hydrogen-bond donors (Lipinski definition) is 1. The van der Waals surface area contributed by atoms with E-state index in [1.807, 2.05) is 84.0 Å². The van der Waals surface area contributed by atoms with Crippen LogP contribution in [0.2, 0.25) is 0 Å². The molecule has 9 heteroatoms. The number of amides is 1. The molecule has 9 nitrogen and oxygen atoms in total. The van der Waals surface area contributed by atoms with Crippen molar-refractivity contribution in [2.45, 2.75) is 78.7 Å². The van der Waals surface area contributed by atoms with E-state index in [9.17, 15) is 14.4 Å². The molecule has 2 heterocycles. The Kier molecular flexibility index (Phi) is 10.1. The van der Waals surface area contributed by atoms with Crippen molar-refractivity contribution in [3.8, 4) is 5.75 Å². The van der Waals surface area contributed by atoms with E-state index in [-0.39, 0.29) is 23.0 Å². The first-order valence-corrected chi connectivity index (χ1v) is 13.3. The van der Waals surface area contributed by atoms with Gasteiger partial charge in [0, 0.05) is 19.5 Å². The number of fused-ring (bicyclic) bond motifs is 1. The molecule has 1 N–H and O–H groups in total. The van der Waals surface area contributed by atoms with Crippen LogP contribution in [-0.2, 0) is 40.3 Å². The molecule has 0 saturated heterocycles. The van der Waals surface area contributed by atoms with Gasteiger partial charge in [0.25, 0.3) is 12.0 Å². The number of carbonyl (C=O) groups is 2. The Bertz CT molecular complexity index is 1340. The average Bonchev–Trinajstić information content (AvgIpc) is 2.87. The summed E-state index contributed by atoms with van der Waals surface area (Å²) in [5.74, 6) is 0.786. The Hall–Kier alpha value is -4.14. The quantitative estimate of drug-likeness (QED) is 0.421. The number of aromatic nitrogens is 2. The summed E-state index contributed by atoms with van der Waals surface area (Å²) in [5.41, 5.74) is 3.25. The van der Waals surface area contributed by atoms with Crippen LogP contribution in [0.4, 0.5) is 4.79 Å². The molecule has 4 rings (SSSR count). The van der Waals surface area contributed by atoms with Crippen LogP contribution >= 0.6 is 0 Å². The van der Waals surface area contributed by atoms with E-state index in [2.05, 4.69) is 20.8 Å². The Morgan fingerprint density at radius 2 is 1.73 bits per heavy atom. The van der Waals surface area contributed by atoms with E-state index in [1.54, 1.807) is 4.90 Å². The number of H-pyrrole nitrogens is 1. The summed E-state index contributed by atoms with van der Waals surface area (Å²) in [6.45, 7) is 13.0. The molecule has 0 bridgehead atoms. The molecule has 2 aromatic carbocycles. The number of nitrogens with zero attached hydrogens (tertiary/aromatic N) is 2. The molecule has 0 saturated carbocycles. The fourth-order valence-corrected chi connectivity index (χ4v) is 3.88. The van der Waals surface area contributed by atoms with Gasteiger partial charge in [-0.05, 0) is 70.2 Å². The van der Waals surface area contributed by atoms with Crippen LogP contribution in [0.25, 0.3) is 0 Å². The smallest absolute Gasteiger partial charge is 0.410 e. The number of hydrogen-bond acceptors (Lipinski definition) is 7. The zero-order valence-electron chi connectivity index (χ0n) is 24.2. The maximum absolute atomic E-state index is 12.4. The second-order valence-corrected chi connectivity index (χ2v) is 11.6. The van der Waals surface area contributed by atoms with Gasteiger partial charge in [0.15, 0.2) is 0 Å². The van der Waals surface area contributed by atoms with Crippen molar-refractivity contribution in [3.63, 3.8) is 0 Å². The lowest BCUT2D eigenvalue weighted by Crippen LogP contribution is -2.39. The molecule has 0 aliphatic carbocycles. The normalized spacial score (nSPS) is 12.9. The molecule has 1 aliphatic rings. The minimum Gasteiger partial charge on any atom is -0.482 e. The van der Waals surface area contributed by atoms with Gasteiger partial charge in [-0.3, -0.25) is 9.59 Å². The van der Waals surface area contributed by atoms with E-state index in [1.165, 1.54) is 11.8 Å². The largest absolute Gasteiger partial charge is 0.482 e. The van der Waals surface area contributed by atoms with Crippen molar-refractivity contribution in [2.75, 3.05) is 6.54 Å². The molecule has 0 unspecified atom stereocenters. The number of carbonyl (C=O) groups excluding carboxylic acids is 2. The summed E-state index contributed by atoms with van der Waals surface area (Å²) in [4.78, 5) is 43.3. The SMILES string of the molecule is CC(C)(C)OC(=O)N1CCc2cc(Cc3ncc(OCc4ccccc4)c(=O)[nH]3)ccc2C1.CC(C)(C)OC=O. The third-order valence-electron chi connectivity index (χ3n) is 5.76. The number of nitrogens with one attached hydrogen (secondary N) is 1. The van der Waals surface area contributed by atoms with Gasteiger partial charge in [-0.15, -0.1) is 0 Å². The summed E-state index contributed by atoms with van der Waals surface area (Å²) in [5, 5.41) is 0. The van der Waals surface area contributed by atoms with Crippen LogP contribution in [0.1, 0.15) is 69.6 Å².